The Bertz CT molecular complexity index is 518. The van der Waals surface area contributed by atoms with Crippen molar-refractivity contribution in [3.05, 3.63) is 28.2 Å². The van der Waals surface area contributed by atoms with Crippen molar-refractivity contribution in [1.29, 1.82) is 0 Å². The summed E-state index contributed by atoms with van der Waals surface area (Å²) in [5.74, 6) is 0.159. The fraction of sp³-hybridized carbons (Fsp3) is 0.571. The molecule has 0 radical (unpaired) electrons. The summed E-state index contributed by atoms with van der Waals surface area (Å²) in [6, 6.07) is 5.45. The van der Waals surface area contributed by atoms with Crippen molar-refractivity contribution >= 4 is 31.6 Å². The summed E-state index contributed by atoms with van der Waals surface area (Å²) in [4.78, 5) is 0. The molecule has 4 nitrogen and oxygen atoms in total. The molecule has 0 fully saturated rings. The summed E-state index contributed by atoms with van der Waals surface area (Å²) >= 11 is 3.40. The molecule has 0 bridgehead atoms. The van der Waals surface area contributed by atoms with Crippen LogP contribution in [0.3, 0.4) is 0 Å². The van der Waals surface area contributed by atoms with Gasteiger partial charge < -0.3 is 5.32 Å². The molecule has 6 heteroatoms. The second-order valence-electron chi connectivity index (χ2n) is 4.84. The van der Waals surface area contributed by atoms with E-state index in [-0.39, 0.29) is 5.75 Å². The van der Waals surface area contributed by atoms with E-state index in [1.54, 1.807) is 12.1 Å². The van der Waals surface area contributed by atoms with Crippen LogP contribution in [0.4, 0.5) is 5.69 Å². The molecule has 0 unspecified atom stereocenters. The van der Waals surface area contributed by atoms with Crippen LogP contribution in [0.15, 0.2) is 22.7 Å². The number of anilines is 1. The van der Waals surface area contributed by atoms with Crippen LogP contribution in [0.2, 0.25) is 0 Å². The van der Waals surface area contributed by atoms with E-state index in [9.17, 15) is 8.42 Å². The number of unbranched alkanes of at least 4 members (excludes halogenated alkanes) is 1. The molecule has 0 spiro atoms. The second kappa shape index (κ2) is 8.64. The van der Waals surface area contributed by atoms with Crippen LogP contribution < -0.4 is 10.0 Å². The Morgan fingerprint density at radius 1 is 1.20 bits per heavy atom. The standard InChI is InChI=1S/C14H23BrN2O2S/c1-3-8-16-9-4-5-10-20(18,19)17-13-7-6-12(2)14(15)11-13/h6-7,11,16-17H,3-5,8-10H2,1-2H3. The van der Waals surface area contributed by atoms with Gasteiger partial charge in [-0.2, -0.15) is 0 Å². The van der Waals surface area contributed by atoms with Crippen molar-refractivity contribution in [3.8, 4) is 0 Å². The lowest BCUT2D eigenvalue weighted by Crippen LogP contribution is -2.19. The summed E-state index contributed by atoms with van der Waals surface area (Å²) in [6.45, 7) is 5.94. The molecule has 1 rings (SSSR count). The van der Waals surface area contributed by atoms with Gasteiger partial charge in [-0.1, -0.05) is 28.9 Å². The molecule has 1 aromatic rings. The number of halogens is 1. The van der Waals surface area contributed by atoms with Crippen molar-refractivity contribution in [2.24, 2.45) is 0 Å². The molecule has 1 aromatic carbocycles. The second-order valence-corrected chi connectivity index (χ2v) is 7.54. The zero-order valence-electron chi connectivity index (χ0n) is 12.1. The summed E-state index contributed by atoms with van der Waals surface area (Å²) in [7, 11) is -3.26. The van der Waals surface area contributed by atoms with Gasteiger partial charge >= 0.3 is 0 Å². The number of hydrogen-bond acceptors (Lipinski definition) is 3. The number of hydrogen-bond donors (Lipinski definition) is 2. The molecular weight excluding hydrogens is 340 g/mol. The quantitative estimate of drug-likeness (QED) is 0.662. The SMILES string of the molecule is CCCNCCCCS(=O)(=O)Nc1ccc(C)c(Br)c1. The molecular formula is C14H23BrN2O2S. The van der Waals surface area contributed by atoms with Crippen LogP contribution in [0.25, 0.3) is 0 Å². The molecule has 2 N–H and O–H groups in total. The lowest BCUT2D eigenvalue weighted by Gasteiger charge is -2.09. The zero-order valence-corrected chi connectivity index (χ0v) is 14.5. The Balaban J connectivity index is 2.39. The Labute approximate surface area is 130 Å². The zero-order chi connectivity index (χ0) is 15.0. The van der Waals surface area contributed by atoms with E-state index in [1.807, 2.05) is 13.0 Å². The van der Waals surface area contributed by atoms with Crippen molar-refractivity contribution < 1.29 is 8.42 Å². The summed E-state index contributed by atoms with van der Waals surface area (Å²) in [5.41, 5.74) is 1.68. The number of aryl methyl sites for hydroxylation is 1. The van der Waals surface area contributed by atoms with Gasteiger partial charge in [-0.3, -0.25) is 4.72 Å². The maximum absolute atomic E-state index is 11.9. The maximum Gasteiger partial charge on any atom is 0.232 e. The molecule has 0 atom stereocenters. The van der Waals surface area contributed by atoms with E-state index in [2.05, 4.69) is 32.9 Å². The molecule has 0 aliphatic heterocycles. The molecule has 0 saturated heterocycles. The average Bonchev–Trinajstić information content (AvgIpc) is 2.38. The Morgan fingerprint density at radius 3 is 2.60 bits per heavy atom. The van der Waals surface area contributed by atoms with Gasteiger partial charge in [-0.15, -0.1) is 0 Å². The van der Waals surface area contributed by atoms with Crippen molar-refractivity contribution in [2.45, 2.75) is 33.1 Å². The normalized spacial score (nSPS) is 11.6. The lowest BCUT2D eigenvalue weighted by atomic mass is 10.2. The first-order valence-electron chi connectivity index (χ1n) is 6.92. The monoisotopic (exact) mass is 362 g/mol. The minimum atomic E-state index is -3.26. The van der Waals surface area contributed by atoms with Gasteiger partial charge in [-0.05, 0) is 57.0 Å². The van der Waals surface area contributed by atoms with E-state index in [0.717, 1.165) is 36.0 Å². The Hall–Kier alpha value is -0.590. The minimum absolute atomic E-state index is 0.159. The predicted molar refractivity (Wildman–Crippen MR) is 88.7 cm³/mol. The van der Waals surface area contributed by atoms with Gasteiger partial charge in [0, 0.05) is 10.2 Å². The van der Waals surface area contributed by atoms with Gasteiger partial charge in [-0.25, -0.2) is 8.42 Å². The third-order valence-electron chi connectivity index (χ3n) is 2.89. The smallest absolute Gasteiger partial charge is 0.232 e. The molecule has 0 saturated carbocycles. The maximum atomic E-state index is 11.9. The van der Waals surface area contributed by atoms with Gasteiger partial charge in [0.05, 0.1) is 5.75 Å². The van der Waals surface area contributed by atoms with Crippen molar-refractivity contribution in [1.82, 2.24) is 5.32 Å². The van der Waals surface area contributed by atoms with Crippen LogP contribution in [0.5, 0.6) is 0 Å². The van der Waals surface area contributed by atoms with E-state index >= 15 is 0 Å². The number of rotatable bonds is 9. The van der Waals surface area contributed by atoms with E-state index in [0.29, 0.717) is 12.1 Å². The fourth-order valence-electron chi connectivity index (χ4n) is 1.73. The van der Waals surface area contributed by atoms with Crippen LogP contribution in [-0.4, -0.2) is 27.3 Å². The highest BCUT2D eigenvalue weighted by Gasteiger charge is 2.10. The molecule has 0 aliphatic rings. The minimum Gasteiger partial charge on any atom is -0.317 e. The highest BCUT2D eigenvalue weighted by Crippen LogP contribution is 2.21. The number of nitrogens with one attached hydrogen (secondary N) is 2. The highest BCUT2D eigenvalue weighted by atomic mass is 79.9. The van der Waals surface area contributed by atoms with Gasteiger partial charge in [0.15, 0.2) is 0 Å². The van der Waals surface area contributed by atoms with Crippen LogP contribution in [0.1, 0.15) is 31.7 Å². The van der Waals surface area contributed by atoms with Gasteiger partial charge in [0.2, 0.25) is 10.0 Å². The lowest BCUT2D eigenvalue weighted by molar-refractivity contribution is 0.590. The molecule has 0 heterocycles. The summed E-state index contributed by atoms with van der Waals surface area (Å²) in [6.07, 6.45) is 2.64. The molecule has 0 amide bonds. The molecule has 0 aliphatic carbocycles. The molecule has 114 valence electrons. The topological polar surface area (TPSA) is 58.2 Å². The van der Waals surface area contributed by atoms with E-state index in [4.69, 9.17) is 0 Å². The van der Waals surface area contributed by atoms with E-state index < -0.39 is 10.0 Å². The van der Waals surface area contributed by atoms with E-state index in [1.165, 1.54) is 0 Å². The third kappa shape index (κ3) is 6.72. The average molecular weight is 363 g/mol. The Kier molecular flexibility index (Phi) is 7.55. The summed E-state index contributed by atoms with van der Waals surface area (Å²) < 4.78 is 27.4. The first kappa shape index (κ1) is 17.5. The highest BCUT2D eigenvalue weighted by molar-refractivity contribution is 9.10. The Morgan fingerprint density at radius 2 is 1.95 bits per heavy atom. The summed E-state index contributed by atoms with van der Waals surface area (Å²) in [5, 5.41) is 3.26. The first-order chi connectivity index (χ1) is 9.44. The van der Waals surface area contributed by atoms with Crippen molar-refractivity contribution in [3.63, 3.8) is 0 Å². The largest absolute Gasteiger partial charge is 0.317 e. The third-order valence-corrected chi connectivity index (χ3v) is 5.12. The van der Waals surface area contributed by atoms with Crippen LogP contribution >= 0.6 is 15.9 Å². The molecule has 0 aromatic heterocycles. The van der Waals surface area contributed by atoms with Crippen LogP contribution in [0, 0.1) is 6.92 Å². The first-order valence-corrected chi connectivity index (χ1v) is 9.36. The predicted octanol–water partition coefficient (Wildman–Crippen LogP) is 3.28. The van der Waals surface area contributed by atoms with Gasteiger partial charge in [0.25, 0.3) is 0 Å². The molecule has 20 heavy (non-hydrogen) atoms. The number of sulfonamides is 1. The van der Waals surface area contributed by atoms with Crippen molar-refractivity contribution in [2.75, 3.05) is 23.6 Å². The fourth-order valence-corrected chi connectivity index (χ4v) is 3.28. The number of benzene rings is 1. The van der Waals surface area contributed by atoms with Crippen LogP contribution in [-0.2, 0) is 10.0 Å². The van der Waals surface area contributed by atoms with Gasteiger partial charge in [0.1, 0.15) is 0 Å².